The number of amidine groups is 1. The Morgan fingerprint density at radius 3 is 2.48 bits per heavy atom. The van der Waals surface area contributed by atoms with Gasteiger partial charge >= 0.3 is 0 Å². The summed E-state index contributed by atoms with van der Waals surface area (Å²) < 4.78 is 0.961. The Morgan fingerprint density at radius 1 is 1.12 bits per heavy atom. The number of carbonyl (C=O) groups excluding carboxylic acids is 1. The maximum Gasteiger partial charge on any atom is 0.226 e. The van der Waals surface area contributed by atoms with Crippen LogP contribution in [0.1, 0.15) is 36.2 Å². The maximum atomic E-state index is 12.8. The van der Waals surface area contributed by atoms with Crippen molar-refractivity contribution in [1.82, 2.24) is 10.0 Å². The summed E-state index contributed by atoms with van der Waals surface area (Å²) in [4.78, 5) is 17.2. The van der Waals surface area contributed by atoms with Crippen LogP contribution < -0.4 is 16.5 Å². The average Bonchev–Trinajstić information content (AvgIpc) is 2.80. The molecule has 8 heteroatoms. The monoisotopic (exact) mass is 447 g/mol. The van der Waals surface area contributed by atoms with Gasteiger partial charge < -0.3 is 21.4 Å². The van der Waals surface area contributed by atoms with Crippen LogP contribution in [0.4, 0.5) is 0 Å². The number of pyridine rings is 1. The number of amides is 1. The van der Waals surface area contributed by atoms with Gasteiger partial charge in [0, 0.05) is 23.7 Å². The molecule has 1 heterocycles. The number of hydrogen-bond donors (Lipinski definition) is 5. The zero-order valence-corrected chi connectivity index (χ0v) is 18.7. The van der Waals surface area contributed by atoms with Crippen molar-refractivity contribution >= 4 is 11.7 Å². The largest absolute Gasteiger partial charge is 0.427 e. The molecule has 0 radical (unpaired) electrons. The van der Waals surface area contributed by atoms with Gasteiger partial charge in [0.2, 0.25) is 5.91 Å². The topological polar surface area (TPSA) is 137 Å². The second-order valence-corrected chi connectivity index (χ2v) is 8.01. The molecule has 33 heavy (non-hydrogen) atoms. The van der Waals surface area contributed by atoms with Gasteiger partial charge in [0.05, 0.1) is 18.7 Å². The zero-order valence-electron chi connectivity index (χ0n) is 18.7. The Kier molecular flexibility index (Phi) is 7.63. The zero-order chi connectivity index (χ0) is 24.0. The van der Waals surface area contributed by atoms with Crippen molar-refractivity contribution in [2.75, 3.05) is 0 Å². The van der Waals surface area contributed by atoms with Gasteiger partial charge in [0.1, 0.15) is 5.84 Å². The van der Waals surface area contributed by atoms with Crippen LogP contribution in [0.2, 0.25) is 0 Å². The standard InChI is InChI=1S/C25H29N5O3/c1-16(2)29-23-11-10-21(20-5-3-4-18(12-20)15-31)22(30(23)33)13-24(32)28-14-17-6-8-19(9-7-17)25(26)27/h3-12,16,31,33H,13-15H2,1-2H3,(H3,26,27)(H,28,32). The lowest BCUT2D eigenvalue weighted by molar-refractivity contribution is -0.120. The molecule has 0 fully saturated rings. The number of carbonyl (C=O) groups is 1. The number of nitrogens with two attached hydrogens (primary N) is 1. The highest BCUT2D eigenvalue weighted by Gasteiger charge is 2.15. The Balaban J connectivity index is 1.88. The van der Waals surface area contributed by atoms with Crippen molar-refractivity contribution in [2.24, 2.45) is 10.7 Å². The molecule has 0 saturated heterocycles. The maximum absolute atomic E-state index is 12.8. The third kappa shape index (κ3) is 6.08. The average molecular weight is 448 g/mol. The molecular formula is C25H29N5O3. The number of benzene rings is 2. The summed E-state index contributed by atoms with van der Waals surface area (Å²) in [6.07, 6.45) is -0.0673. The van der Waals surface area contributed by atoms with Crippen LogP contribution in [0, 0.1) is 5.41 Å². The van der Waals surface area contributed by atoms with E-state index in [0.29, 0.717) is 28.9 Å². The number of nitrogen functional groups attached to an aromatic ring is 1. The first-order valence-corrected chi connectivity index (χ1v) is 10.7. The molecule has 1 amide bonds. The Hall–Kier alpha value is -3.91. The predicted molar refractivity (Wildman–Crippen MR) is 127 cm³/mol. The molecule has 6 N–H and O–H groups in total. The molecule has 172 valence electrons. The first kappa shape index (κ1) is 23.7. The molecule has 0 bridgehead atoms. The van der Waals surface area contributed by atoms with Gasteiger partial charge in [-0.25, -0.2) is 0 Å². The lowest BCUT2D eigenvalue weighted by atomic mass is 10.00. The fourth-order valence-electron chi connectivity index (χ4n) is 3.43. The summed E-state index contributed by atoms with van der Waals surface area (Å²) in [7, 11) is 0. The number of nitrogens with one attached hydrogen (secondary N) is 2. The first-order chi connectivity index (χ1) is 15.8. The van der Waals surface area contributed by atoms with Crippen molar-refractivity contribution in [1.29, 1.82) is 5.41 Å². The fraction of sp³-hybridized carbons (Fsp3) is 0.240. The van der Waals surface area contributed by atoms with Crippen molar-refractivity contribution in [3.8, 4) is 11.1 Å². The van der Waals surface area contributed by atoms with Crippen molar-refractivity contribution in [3.05, 3.63) is 88.5 Å². The molecule has 0 unspecified atom stereocenters. The Labute approximate surface area is 192 Å². The van der Waals surface area contributed by atoms with Crippen LogP contribution in [-0.4, -0.2) is 32.8 Å². The quantitative estimate of drug-likeness (QED) is 0.206. The molecule has 8 nitrogen and oxygen atoms in total. The van der Waals surface area contributed by atoms with Crippen molar-refractivity contribution in [2.45, 2.75) is 39.5 Å². The molecule has 1 aromatic heterocycles. The lowest BCUT2D eigenvalue weighted by Gasteiger charge is -2.15. The summed E-state index contributed by atoms with van der Waals surface area (Å²) in [5.41, 5.74) is 9.90. The highest BCUT2D eigenvalue weighted by atomic mass is 16.5. The molecule has 3 rings (SSSR count). The molecule has 0 saturated carbocycles. The number of rotatable bonds is 8. The molecule has 2 aromatic carbocycles. The summed E-state index contributed by atoms with van der Waals surface area (Å²) in [6, 6.07) is 17.9. The second-order valence-electron chi connectivity index (χ2n) is 8.01. The van der Waals surface area contributed by atoms with E-state index in [2.05, 4.69) is 10.3 Å². The lowest BCUT2D eigenvalue weighted by Crippen LogP contribution is -2.30. The fourth-order valence-corrected chi connectivity index (χ4v) is 3.43. The van der Waals surface area contributed by atoms with Gasteiger partial charge in [-0.15, -0.1) is 0 Å². The molecular weight excluding hydrogens is 418 g/mol. The number of aliphatic hydroxyl groups is 1. The predicted octanol–water partition coefficient (Wildman–Crippen LogP) is 2.34. The van der Waals surface area contributed by atoms with Gasteiger partial charge in [0.25, 0.3) is 0 Å². The number of nitrogens with zero attached hydrogens (tertiary/aromatic N) is 2. The summed E-state index contributed by atoms with van der Waals surface area (Å²) in [6.45, 7) is 4.00. The highest BCUT2D eigenvalue weighted by molar-refractivity contribution is 5.94. The SMILES string of the molecule is CC(C)N=c1ccc(-c2cccc(CO)c2)c(CC(=O)NCc2ccc(C(=N)N)cc2)n1O. The minimum Gasteiger partial charge on any atom is -0.427 e. The van der Waals surface area contributed by atoms with Gasteiger partial charge in [-0.1, -0.05) is 42.5 Å². The normalized spacial score (nSPS) is 11.6. The van der Waals surface area contributed by atoms with Crippen LogP contribution in [0.25, 0.3) is 11.1 Å². The molecule has 0 aliphatic carbocycles. The van der Waals surface area contributed by atoms with Gasteiger partial charge in [-0.2, -0.15) is 4.73 Å². The third-order valence-electron chi connectivity index (χ3n) is 5.08. The molecule has 0 aliphatic heterocycles. The van der Waals surface area contributed by atoms with E-state index < -0.39 is 0 Å². The highest BCUT2D eigenvalue weighted by Crippen LogP contribution is 2.24. The summed E-state index contributed by atoms with van der Waals surface area (Å²) in [5, 5.41) is 30.7. The van der Waals surface area contributed by atoms with E-state index >= 15 is 0 Å². The van der Waals surface area contributed by atoms with E-state index in [9.17, 15) is 15.1 Å². The van der Waals surface area contributed by atoms with Crippen LogP contribution in [0.5, 0.6) is 0 Å². The summed E-state index contributed by atoms with van der Waals surface area (Å²) >= 11 is 0. The van der Waals surface area contributed by atoms with E-state index in [0.717, 1.165) is 21.4 Å². The van der Waals surface area contributed by atoms with E-state index in [1.54, 1.807) is 30.3 Å². The van der Waals surface area contributed by atoms with Crippen molar-refractivity contribution < 1.29 is 15.1 Å². The van der Waals surface area contributed by atoms with Crippen LogP contribution in [-0.2, 0) is 24.4 Å². The van der Waals surface area contributed by atoms with Gasteiger partial charge in [-0.05, 0) is 48.7 Å². The van der Waals surface area contributed by atoms with Gasteiger partial charge in [-0.3, -0.25) is 15.2 Å². The Morgan fingerprint density at radius 2 is 1.85 bits per heavy atom. The number of aliphatic hydroxyl groups excluding tert-OH is 1. The molecule has 3 aromatic rings. The van der Waals surface area contributed by atoms with Crippen LogP contribution >= 0.6 is 0 Å². The molecule has 0 spiro atoms. The van der Waals surface area contributed by atoms with Crippen LogP contribution in [0.15, 0.2) is 65.7 Å². The van der Waals surface area contributed by atoms with E-state index in [1.165, 1.54) is 0 Å². The van der Waals surface area contributed by atoms with Gasteiger partial charge in [0.15, 0.2) is 5.49 Å². The third-order valence-corrected chi connectivity index (χ3v) is 5.08. The number of hydrogen-bond acceptors (Lipinski definition) is 5. The van der Waals surface area contributed by atoms with E-state index in [1.807, 2.05) is 44.2 Å². The Bertz CT molecular complexity index is 1210. The van der Waals surface area contributed by atoms with Crippen molar-refractivity contribution in [3.63, 3.8) is 0 Å². The molecule has 0 aliphatic rings. The smallest absolute Gasteiger partial charge is 0.226 e. The van der Waals surface area contributed by atoms with E-state index in [-0.39, 0.29) is 30.8 Å². The number of aromatic nitrogens is 1. The summed E-state index contributed by atoms with van der Waals surface area (Å²) in [5.74, 6) is -0.280. The second kappa shape index (κ2) is 10.6. The van der Waals surface area contributed by atoms with E-state index in [4.69, 9.17) is 11.1 Å². The first-order valence-electron chi connectivity index (χ1n) is 10.7. The minimum absolute atomic E-state index is 0.0115. The molecule has 0 atom stereocenters. The van der Waals surface area contributed by atoms with Crippen LogP contribution in [0.3, 0.4) is 0 Å². The minimum atomic E-state index is -0.269.